The molecule has 4 aromatic rings. The topological polar surface area (TPSA) is 114 Å². The first kappa shape index (κ1) is 22.5. The van der Waals surface area contributed by atoms with Crippen molar-refractivity contribution in [3.8, 4) is 11.1 Å². The van der Waals surface area contributed by atoms with Gasteiger partial charge in [0.05, 0.1) is 24.0 Å². The maximum Gasteiger partial charge on any atom is 0.416 e. The van der Waals surface area contributed by atoms with Crippen molar-refractivity contribution in [3.05, 3.63) is 71.9 Å². The standard InChI is InChI=1S/C22H19F3N8O2/c23-22(24,25)15-2-1-3-16(8-15)29-21(34)30-20-13-32(31-35-20)12-17-5-4-14(9-27-17)18-10-28-33-7-6-26-11-19(18)33/h1-5,8-10,13,26H,6-7,11-12H2,(H-,29,30,31,34)/p+1. The van der Waals surface area contributed by atoms with E-state index >= 15 is 0 Å². The molecular formula is C22H20F3N8O2+. The molecule has 13 heteroatoms. The van der Waals surface area contributed by atoms with Crippen LogP contribution in [0.15, 0.2) is 59.5 Å². The highest BCUT2D eigenvalue weighted by molar-refractivity contribution is 5.98. The summed E-state index contributed by atoms with van der Waals surface area (Å²) >= 11 is 0. The van der Waals surface area contributed by atoms with Crippen molar-refractivity contribution in [2.75, 3.05) is 17.2 Å². The van der Waals surface area contributed by atoms with Crippen LogP contribution in [-0.4, -0.2) is 32.6 Å². The van der Waals surface area contributed by atoms with Crippen molar-refractivity contribution >= 4 is 17.6 Å². The normalized spacial score (nSPS) is 13.3. The highest BCUT2D eigenvalue weighted by Gasteiger charge is 2.30. The summed E-state index contributed by atoms with van der Waals surface area (Å²) in [4.78, 5) is 16.6. The summed E-state index contributed by atoms with van der Waals surface area (Å²) in [6.45, 7) is 2.76. The summed E-state index contributed by atoms with van der Waals surface area (Å²) in [6.07, 6.45) is 0.547. The highest BCUT2D eigenvalue weighted by atomic mass is 19.4. The molecule has 2 amide bonds. The fraction of sp³-hybridized carbons (Fsp3) is 0.227. The third-order valence-corrected chi connectivity index (χ3v) is 5.40. The Morgan fingerprint density at radius 3 is 2.89 bits per heavy atom. The van der Waals surface area contributed by atoms with Crippen LogP contribution in [0.4, 0.5) is 29.5 Å². The number of anilines is 2. The van der Waals surface area contributed by atoms with Crippen molar-refractivity contribution in [1.29, 1.82) is 0 Å². The first-order valence-electron chi connectivity index (χ1n) is 10.7. The van der Waals surface area contributed by atoms with Crippen LogP contribution in [0, 0.1) is 0 Å². The fourth-order valence-corrected chi connectivity index (χ4v) is 3.72. The summed E-state index contributed by atoms with van der Waals surface area (Å²) in [5.74, 6) is 0.0186. The molecule has 0 radical (unpaired) electrons. The van der Waals surface area contributed by atoms with Gasteiger partial charge >= 0.3 is 18.1 Å². The Hall–Kier alpha value is -4.26. The molecule has 35 heavy (non-hydrogen) atoms. The van der Waals surface area contributed by atoms with Crippen LogP contribution in [0.1, 0.15) is 17.0 Å². The van der Waals surface area contributed by atoms with Crippen molar-refractivity contribution in [1.82, 2.24) is 25.4 Å². The van der Waals surface area contributed by atoms with Gasteiger partial charge in [0.2, 0.25) is 11.8 Å². The Kier molecular flexibility index (Phi) is 5.91. The summed E-state index contributed by atoms with van der Waals surface area (Å²) in [5.41, 5.74) is 2.95. The predicted octanol–water partition coefficient (Wildman–Crippen LogP) is 3.03. The lowest BCUT2D eigenvalue weighted by atomic mass is 10.1. The van der Waals surface area contributed by atoms with Gasteiger partial charge in [-0.1, -0.05) is 12.1 Å². The van der Waals surface area contributed by atoms with Crippen LogP contribution < -0.4 is 20.6 Å². The van der Waals surface area contributed by atoms with E-state index in [0.717, 1.165) is 48.6 Å². The van der Waals surface area contributed by atoms with Crippen LogP contribution in [0.3, 0.4) is 0 Å². The van der Waals surface area contributed by atoms with Crippen LogP contribution in [-0.2, 0) is 25.8 Å². The van der Waals surface area contributed by atoms with E-state index < -0.39 is 17.8 Å². The molecule has 0 saturated heterocycles. The first-order chi connectivity index (χ1) is 16.8. The van der Waals surface area contributed by atoms with E-state index in [9.17, 15) is 18.0 Å². The minimum Gasteiger partial charge on any atom is -0.309 e. The number of amides is 2. The molecule has 0 fully saturated rings. The van der Waals surface area contributed by atoms with Gasteiger partial charge in [0.1, 0.15) is 5.69 Å². The maximum atomic E-state index is 12.8. The maximum absolute atomic E-state index is 12.8. The second-order valence-corrected chi connectivity index (χ2v) is 7.86. The summed E-state index contributed by atoms with van der Waals surface area (Å²) in [6, 6.07) is 7.37. The molecule has 0 saturated carbocycles. The molecule has 0 atom stereocenters. The van der Waals surface area contributed by atoms with E-state index in [1.807, 2.05) is 23.0 Å². The molecule has 1 aromatic carbocycles. The Balaban J connectivity index is 1.19. The second-order valence-electron chi connectivity index (χ2n) is 7.86. The largest absolute Gasteiger partial charge is 0.416 e. The van der Waals surface area contributed by atoms with Crippen LogP contribution in [0.25, 0.3) is 11.1 Å². The zero-order valence-electron chi connectivity index (χ0n) is 18.2. The van der Waals surface area contributed by atoms with Gasteiger partial charge in [-0.3, -0.25) is 19.5 Å². The number of pyridine rings is 1. The summed E-state index contributed by atoms with van der Waals surface area (Å²) in [5, 5.41) is 16.3. The first-order valence-corrected chi connectivity index (χ1v) is 10.7. The number of hydrogen-bond donors (Lipinski definition) is 3. The van der Waals surface area contributed by atoms with Gasteiger partial charge < -0.3 is 10.6 Å². The monoisotopic (exact) mass is 485 g/mol. The van der Waals surface area contributed by atoms with Gasteiger partial charge in [0.25, 0.3) is 6.20 Å². The van der Waals surface area contributed by atoms with Gasteiger partial charge in [-0.15, -0.1) is 0 Å². The number of benzene rings is 1. The zero-order valence-corrected chi connectivity index (χ0v) is 18.2. The number of aromatic nitrogens is 5. The Labute approximate surface area is 196 Å². The zero-order chi connectivity index (χ0) is 24.4. The third kappa shape index (κ3) is 5.14. The van der Waals surface area contributed by atoms with Crippen LogP contribution >= 0.6 is 0 Å². The Bertz CT molecular complexity index is 1350. The van der Waals surface area contributed by atoms with E-state index in [2.05, 4.69) is 31.3 Å². The molecule has 0 aliphatic carbocycles. The van der Waals surface area contributed by atoms with Gasteiger partial charge in [-0.05, 0) is 28.9 Å². The average Bonchev–Trinajstić information content (AvgIpc) is 3.46. The van der Waals surface area contributed by atoms with Crippen molar-refractivity contribution in [2.45, 2.75) is 25.8 Å². The molecule has 3 aromatic heterocycles. The minimum absolute atomic E-state index is 0.00974. The number of carbonyl (C=O) groups is 1. The molecule has 4 heterocycles. The number of alkyl halides is 3. The Morgan fingerprint density at radius 1 is 1.20 bits per heavy atom. The lowest BCUT2D eigenvalue weighted by Crippen LogP contribution is -2.35. The quantitative estimate of drug-likeness (QED) is 0.375. The molecule has 180 valence electrons. The van der Waals surface area contributed by atoms with Gasteiger partial charge in [0.15, 0.2) is 0 Å². The molecule has 0 unspecified atom stereocenters. The van der Waals surface area contributed by atoms with Crippen LogP contribution in [0.2, 0.25) is 0 Å². The number of hydrogen-bond acceptors (Lipinski definition) is 6. The fourth-order valence-electron chi connectivity index (χ4n) is 3.72. The SMILES string of the molecule is O=C(Nc1cccc(C(F)(F)F)c1)Nc1c[n+](Cc2ccc(-c3cnn4c3CNCC4)cn2)no1. The van der Waals surface area contributed by atoms with Gasteiger partial charge in [0, 0.05) is 36.1 Å². The molecule has 0 bridgehead atoms. The van der Waals surface area contributed by atoms with Crippen molar-refractivity contribution in [2.24, 2.45) is 0 Å². The number of urea groups is 1. The molecule has 10 nitrogen and oxygen atoms in total. The van der Waals surface area contributed by atoms with Gasteiger partial charge in [-0.25, -0.2) is 4.79 Å². The third-order valence-electron chi connectivity index (χ3n) is 5.40. The second kappa shape index (κ2) is 9.18. The van der Waals surface area contributed by atoms with Crippen LogP contribution in [0.5, 0.6) is 0 Å². The number of nitrogens with one attached hydrogen (secondary N) is 3. The average molecular weight is 485 g/mol. The number of carbonyl (C=O) groups excluding carboxylic acids is 1. The lowest BCUT2D eigenvalue weighted by Gasteiger charge is -2.16. The van der Waals surface area contributed by atoms with Crippen molar-refractivity contribution < 1.29 is 27.2 Å². The summed E-state index contributed by atoms with van der Waals surface area (Å²) < 4.78 is 47.0. The number of fused-ring (bicyclic) bond motifs is 1. The molecule has 5 rings (SSSR count). The molecular weight excluding hydrogens is 465 g/mol. The molecule has 0 spiro atoms. The lowest BCUT2D eigenvalue weighted by molar-refractivity contribution is -0.755. The smallest absolute Gasteiger partial charge is 0.309 e. The minimum atomic E-state index is -4.51. The Morgan fingerprint density at radius 2 is 2.09 bits per heavy atom. The number of nitrogens with zero attached hydrogens (tertiary/aromatic N) is 5. The number of halogens is 3. The van der Waals surface area contributed by atoms with Gasteiger partial charge in [-0.2, -0.15) is 18.3 Å². The molecule has 1 aliphatic rings. The summed E-state index contributed by atoms with van der Waals surface area (Å²) in [7, 11) is 0. The molecule has 1 aliphatic heterocycles. The number of rotatable bonds is 5. The molecule has 3 N–H and O–H groups in total. The van der Waals surface area contributed by atoms with E-state index in [1.165, 1.54) is 23.0 Å². The van der Waals surface area contributed by atoms with E-state index in [1.54, 1.807) is 6.20 Å². The van der Waals surface area contributed by atoms with Crippen molar-refractivity contribution in [3.63, 3.8) is 0 Å². The van der Waals surface area contributed by atoms with E-state index in [0.29, 0.717) is 5.69 Å². The van der Waals surface area contributed by atoms with E-state index in [-0.39, 0.29) is 18.1 Å². The van der Waals surface area contributed by atoms with E-state index in [4.69, 9.17) is 4.52 Å². The highest BCUT2D eigenvalue weighted by Crippen LogP contribution is 2.30. The predicted molar refractivity (Wildman–Crippen MR) is 117 cm³/mol.